The van der Waals surface area contributed by atoms with Crippen molar-refractivity contribution in [1.29, 1.82) is 0 Å². The smallest absolute Gasteiger partial charge is 0.434 e. The molecule has 8 heteroatoms. The number of fused-ring (bicyclic) bond motifs is 2. The maximum absolute atomic E-state index is 13.4. The molecule has 2 aromatic rings. The summed E-state index contributed by atoms with van der Waals surface area (Å²) < 4.78 is 21.1. The number of carbonyl (C=O) groups is 4. The Hall–Kier alpha value is -3.68. The van der Waals surface area contributed by atoms with Crippen molar-refractivity contribution in [3.05, 3.63) is 58.7 Å². The van der Waals surface area contributed by atoms with Crippen molar-refractivity contribution in [1.82, 2.24) is 0 Å². The second-order valence-corrected chi connectivity index (χ2v) is 9.95. The second kappa shape index (κ2) is 16.4. The van der Waals surface area contributed by atoms with Crippen LogP contribution in [0.15, 0.2) is 36.4 Å². The minimum Gasteiger partial charge on any atom is -0.434 e. The molecule has 1 aliphatic rings. The summed E-state index contributed by atoms with van der Waals surface area (Å²) in [6.45, 7) is 4.68. The van der Waals surface area contributed by atoms with E-state index in [0.29, 0.717) is 12.8 Å². The van der Waals surface area contributed by atoms with Gasteiger partial charge in [-0.05, 0) is 25.0 Å². The highest BCUT2D eigenvalue weighted by molar-refractivity contribution is 6.30. The highest BCUT2D eigenvalue weighted by atomic mass is 16.7. The van der Waals surface area contributed by atoms with Gasteiger partial charge >= 0.3 is 12.3 Å². The van der Waals surface area contributed by atoms with E-state index in [9.17, 15) is 19.2 Å². The number of rotatable bonds is 16. The van der Waals surface area contributed by atoms with Crippen LogP contribution in [0.2, 0.25) is 0 Å². The van der Waals surface area contributed by atoms with Crippen molar-refractivity contribution < 1.29 is 38.1 Å². The molecular weight excluding hydrogens is 512 g/mol. The van der Waals surface area contributed by atoms with E-state index >= 15 is 0 Å². The molecule has 0 aromatic heterocycles. The summed E-state index contributed by atoms with van der Waals surface area (Å²) in [6, 6.07) is 8.98. The van der Waals surface area contributed by atoms with Gasteiger partial charge in [-0.25, -0.2) is 9.59 Å². The number of hydrogen-bond donors (Lipinski definition) is 0. The first-order valence-corrected chi connectivity index (χ1v) is 14.5. The zero-order valence-corrected chi connectivity index (χ0v) is 23.6. The first kappa shape index (κ1) is 30.9. The molecule has 1 aliphatic carbocycles. The minimum atomic E-state index is -0.970. The van der Waals surface area contributed by atoms with Crippen molar-refractivity contribution in [3.63, 3.8) is 0 Å². The molecule has 0 radical (unpaired) electrons. The SMILES string of the molecule is CCCCCCCCOC(=O)Oc1ccc(OC(=O)OCCCCCCCC)c2c1C(=O)c1ccccc1C2=O. The van der Waals surface area contributed by atoms with Crippen LogP contribution in [0.1, 0.15) is 123 Å². The molecule has 0 saturated heterocycles. The first-order chi connectivity index (χ1) is 19.5. The van der Waals surface area contributed by atoms with Crippen LogP contribution in [0.25, 0.3) is 0 Å². The molecule has 2 aromatic carbocycles. The van der Waals surface area contributed by atoms with Crippen molar-refractivity contribution in [2.45, 2.75) is 90.9 Å². The lowest BCUT2D eigenvalue weighted by Crippen LogP contribution is -2.25. The Morgan fingerprint density at radius 3 is 1.32 bits per heavy atom. The van der Waals surface area contributed by atoms with E-state index < -0.39 is 23.9 Å². The number of unbranched alkanes of at least 4 members (excludes halogenated alkanes) is 10. The van der Waals surface area contributed by atoms with Gasteiger partial charge in [0.25, 0.3) is 0 Å². The Bertz CT molecular complexity index is 1080. The Balaban J connectivity index is 1.69. The summed E-state index contributed by atoms with van der Waals surface area (Å²) >= 11 is 0. The predicted octanol–water partition coefficient (Wildman–Crippen LogP) is 8.21. The molecule has 0 heterocycles. The van der Waals surface area contributed by atoms with Crippen LogP contribution in [0.3, 0.4) is 0 Å². The first-order valence-electron chi connectivity index (χ1n) is 14.5. The Kier molecular flexibility index (Phi) is 12.7. The molecule has 0 aliphatic heterocycles. The standard InChI is InChI=1S/C32H40O8/c1-3-5-7-9-11-15-21-37-31(35)39-25-19-20-26(40-32(36)38-22-16-12-10-8-6-4-2)28-27(25)29(33)23-17-13-14-18-24(23)30(28)34/h13-14,17-20H,3-12,15-16,21-22H2,1-2H3. The van der Waals surface area contributed by atoms with Crippen LogP contribution >= 0.6 is 0 Å². The van der Waals surface area contributed by atoms with Gasteiger partial charge in [0.1, 0.15) is 11.5 Å². The van der Waals surface area contributed by atoms with E-state index in [1.807, 2.05) is 0 Å². The van der Waals surface area contributed by atoms with E-state index in [1.165, 1.54) is 37.1 Å². The van der Waals surface area contributed by atoms with Crippen LogP contribution in [0.5, 0.6) is 11.5 Å². The number of benzene rings is 2. The molecule has 3 rings (SSSR count). The lowest BCUT2D eigenvalue weighted by atomic mass is 9.83. The lowest BCUT2D eigenvalue weighted by Gasteiger charge is -2.21. The molecule has 0 saturated carbocycles. The van der Waals surface area contributed by atoms with E-state index in [1.54, 1.807) is 12.1 Å². The normalized spacial score (nSPS) is 11.9. The van der Waals surface area contributed by atoms with Gasteiger partial charge in [-0.15, -0.1) is 0 Å². The fraction of sp³-hybridized carbons (Fsp3) is 0.500. The average Bonchev–Trinajstić information content (AvgIpc) is 2.95. The van der Waals surface area contributed by atoms with Crippen LogP contribution in [-0.2, 0) is 9.47 Å². The van der Waals surface area contributed by atoms with Gasteiger partial charge in [0.2, 0.25) is 0 Å². The number of ketones is 2. The highest BCUT2D eigenvalue weighted by Crippen LogP contribution is 2.39. The monoisotopic (exact) mass is 552 g/mol. The summed E-state index contributed by atoms with van der Waals surface area (Å²) in [5.74, 6) is -1.31. The summed E-state index contributed by atoms with van der Waals surface area (Å²) in [4.78, 5) is 51.7. The van der Waals surface area contributed by atoms with Crippen molar-refractivity contribution in [2.24, 2.45) is 0 Å². The number of carbonyl (C=O) groups excluding carboxylic acids is 4. The van der Waals surface area contributed by atoms with E-state index in [2.05, 4.69) is 13.8 Å². The molecule has 0 amide bonds. The van der Waals surface area contributed by atoms with Crippen LogP contribution < -0.4 is 9.47 Å². The summed E-state index contributed by atoms with van der Waals surface area (Å²) in [5.41, 5.74) is 0.0454. The number of hydrogen-bond acceptors (Lipinski definition) is 8. The highest BCUT2D eigenvalue weighted by Gasteiger charge is 2.36. The number of ether oxygens (including phenoxy) is 4. The molecular formula is C32H40O8. The van der Waals surface area contributed by atoms with Gasteiger partial charge in [-0.1, -0.05) is 102 Å². The molecule has 0 spiro atoms. The van der Waals surface area contributed by atoms with Gasteiger partial charge in [-0.3, -0.25) is 9.59 Å². The fourth-order valence-electron chi connectivity index (χ4n) is 4.65. The van der Waals surface area contributed by atoms with Crippen LogP contribution in [0.4, 0.5) is 9.59 Å². The maximum atomic E-state index is 13.4. The third-order valence-electron chi connectivity index (χ3n) is 6.82. The van der Waals surface area contributed by atoms with Crippen LogP contribution in [0, 0.1) is 0 Å². The second-order valence-electron chi connectivity index (χ2n) is 9.95. The largest absolute Gasteiger partial charge is 0.513 e. The molecule has 0 unspecified atom stereocenters. The third-order valence-corrected chi connectivity index (χ3v) is 6.82. The summed E-state index contributed by atoms with van der Waals surface area (Å²) in [7, 11) is 0. The predicted molar refractivity (Wildman–Crippen MR) is 150 cm³/mol. The van der Waals surface area contributed by atoms with E-state index in [-0.39, 0.29) is 47.0 Å². The molecule has 40 heavy (non-hydrogen) atoms. The van der Waals surface area contributed by atoms with Gasteiger partial charge in [0, 0.05) is 11.1 Å². The third kappa shape index (κ3) is 8.66. The zero-order chi connectivity index (χ0) is 28.7. The fourth-order valence-corrected chi connectivity index (χ4v) is 4.65. The maximum Gasteiger partial charge on any atom is 0.513 e. The van der Waals surface area contributed by atoms with Gasteiger partial charge in [0.15, 0.2) is 11.6 Å². The Morgan fingerprint density at radius 1 is 0.550 bits per heavy atom. The summed E-state index contributed by atoms with van der Waals surface area (Å²) in [6.07, 6.45) is 10.4. The summed E-state index contributed by atoms with van der Waals surface area (Å²) in [5, 5.41) is 0. The van der Waals surface area contributed by atoms with Crippen molar-refractivity contribution in [3.8, 4) is 11.5 Å². The molecule has 216 valence electrons. The molecule has 0 atom stereocenters. The molecule has 8 nitrogen and oxygen atoms in total. The van der Waals surface area contributed by atoms with E-state index in [4.69, 9.17) is 18.9 Å². The molecule has 0 N–H and O–H groups in total. The van der Waals surface area contributed by atoms with E-state index in [0.717, 1.165) is 51.4 Å². The Morgan fingerprint density at radius 2 is 0.925 bits per heavy atom. The van der Waals surface area contributed by atoms with Gasteiger partial charge in [0.05, 0.1) is 24.3 Å². The lowest BCUT2D eigenvalue weighted by molar-refractivity contribution is 0.0904. The van der Waals surface area contributed by atoms with Gasteiger partial charge in [-0.2, -0.15) is 0 Å². The van der Waals surface area contributed by atoms with Crippen LogP contribution in [-0.4, -0.2) is 37.1 Å². The van der Waals surface area contributed by atoms with Gasteiger partial charge < -0.3 is 18.9 Å². The van der Waals surface area contributed by atoms with Crippen molar-refractivity contribution in [2.75, 3.05) is 13.2 Å². The minimum absolute atomic E-state index is 0.136. The molecule has 0 fully saturated rings. The van der Waals surface area contributed by atoms with Crippen molar-refractivity contribution >= 4 is 23.9 Å². The zero-order valence-electron chi connectivity index (χ0n) is 23.6. The average molecular weight is 553 g/mol. The molecule has 0 bridgehead atoms. The topological polar surface area (TPSA) is 105 Å². The quantitative estimate of drug-likeness (QED) is 0.0994. The Labute approximate surface area is 236 Å².